The molecule has 9 heteroatoms. The summed E-state index contributed by atoms with van der Waals surface area (Å²) in [6, 6.07) is 5.35. The van der Waals surface area contributed by atoms with Crippen LogP contribution >= 0.6 is 0 Å². The van der Waals surface area contributed by atoms with Crippen LogP contribution in [-0.2, 0) is 19.1 Å². The number of nitro groups is 1. The van der Waals surface area contributed by atoms with Crippen molar-refractivity contribution in [3.63, 3.8) is 0 Å². The molecule has 0 aliphatic heterocycles. The highest BCUT2D eigenvalue weighted by Crippen LogP contribution is 2.47. The number of hydrogen-bond donors (Lipinski definition) is 2. The predicted molar refractivity (Wildman–Crippen MR) is 97.5 cm³/mol. The largest absolute Gasteiger partial charge is 0.512 e. The Balaban J connectivity index is 2.72. The Morgan fingerprint density at radius 2 is 1.93 bits per heavy atom. The number of carbonyl (C=O) groups is 2. The van der Waals surface area contributed by atoms with Crippen LogP contribution in [0.4, 0.5) is 5.69 Å². The first kappa shape index (κ1) is 21.4. The number of non-ortho nitro benzene ring substituents is 1. The summed E-state index contributed by atoms with van der Waals surface area (Å²) in [4.78, 5) is 35.8. The fraction of sp³-hybridized carbons (Fsp3) is 0.474. The van der Waals surface area contributed by atoms with Crippen molar-refractivity contribution in [3.05, 3.63) is 51.3 Å². The topological polar surface area (TPSA) is 136 Å². The molecule has 28 heavy (non-hydrogen) atoms. The normalized spacial score (nSPS) is 24.6. The fourth-order valence-corrected chi connectivity index (χ4v) is 3.52. The second-order valence-electron chi connectivity index (χ2n) is 6.67. The van der Waals surface area contributed by atoms with Gasteiger partial charge in [0, 0.05) is 24.5 Å². The molecule has 0 unspecified atom stereocenters. The molecule has 0 fully saturated rings. The van der Waals surface area contributed by atoms with E-state index in [-0.39, 0.29) is 36.5 Å². The summed E-state index contributed by atoms with van der Waals surface area (Å²) in [6.45, 7) is 4.59. The minimum Gasteiger partial charge on any atom is -0.512 e. The summed E-state index contributed by atoms with van der Waals surface area (Å²) in [7, 11) is 0. The summed E-state index contributed by atoms with van der Waals surface area (Å²) in [5.74, 6) is -4.52. The highest BCUT2D eigenvalue weighted by atomic mass is 16.6. The molecule has 0 saturated carbocycles. The number of aliphatic hydroxyl groups excluding tert-OH is 1. The van der Waals surface area contributed by atoms with Gasteiger partial charge < -0.3 is 19.7 Å². The van der Waals surface area contributed by atoms with E-state index in [1.807, 2.05) is 0 Å². The van der Waals surface area contributed by atoms with Crippen molar-refractivity contribution in [2.24, 2.45) is 5.92 Å². The molecular weight excluding hydrogens is 370 g/mol. The zero-order valence-corrected chi connectivity index (χ0v) is 15.9. The maximum atomic E-state index is 12.7. The Kier molecular flexibility index (Phi) is 6.40. The van der Waals surface area contributed by atoms with Crippen LogP contribution in [0, 0.1) is 16.0 Å². The van der Waals surface area contributed by atoms with Gasteiger partial charge in [-0.2, -0.15) is 0 Å². The van der Waals surface area contributed by atoms with Crippen molar-refractivity contribution >= 4 is 17.6 Å². The van der Waals surface area contributed by atoms with Crippen molar-refractivity contribution in [1.82, 2.24) is 0 Å². The van der Waals surface area contributed by atoms with Gasteiger partial charge in [0.15, 0.2) is 0 Å². The molecule has 0 radical (unpaired) electrons. The van der Waals surface area contributed by atoms with Crippen LogP contribution in [0.5, 0.6) is 0 Å². The predicted octanol–water partition coefficient (Wildman–Crippen LogP) is 2.39. The van der Waals surface area contributed by atoms with Crippen molar-refractivity contribution in [2.45, 2.75) is 38.7 Å². The van der Waals surface area contributed by atoms with Gasteiger partial charge in [-0.15, -0.1) is 0 Å². The maximum absolute atomic E-state index is 12.7. The van der Waals surface area contributed by atoms with Crippen LogP contribution < -0.4 is 0 Å². The molecule has 0 bridgehead atoms. The lowest BCUT2D eigenvalue weighted by molar-refractivity contribution is -0.384. The molecule has 2 N–H and O–H groups in total. The van der Waals surface area contributed by atoms with Gasteiger partial charge in [0.25, 0.3) is 5.69 Å². The molecule has 3 atom stereocenters. The van der Waals surface area contributed by atoms with Crippen LogP contribution in [0.2, 0.25) is 0 Å². The lowest BCUT2D eigenvalue weighted by atomic mass is 9.66. The van der Waals surface area contributed by atoms with Gasteiger partial charge in [-0.3, -0.25) is 14.9 Å². The van der Waals surface area contributed by atoms with E-state index in [4.69, 9.17) is 9.47 Å². The molecule has 0 heterocycles. The van der Waals surface area contributed by atoms with Crippen LogP contribution in [0.15, 0.2) is 35.6 Å². The summed E-state index contributed by atoms with van der Waals surface area (Å²) in [6.07, 6.45) is -0.365. The SMILES string of the molecule is CCOC(=O)C1=C(O)C[C@](C)(O)[C@H](C(=O)OCC)[C@H]1c1cccc([N+](=O)[O-])c1. The number of nitro benzene ring substituents is 1. The molecule has 1 aliphatic rings. The third-order valence-corrected chi connectivity index (χ3v) is 4.63. The molecular formula is C19H23NO8. The van der Waals surface area contributed by atoms with Gasteiger partial charge in [-0.1, -0.05) is 12.1 Å². The molecule has 1 aromatic carbocycles. The number of rotatable bonds is 6. The molecule has 0 saturated heterocycles. The van der Waals surface area contributed by atoms with Gasteiger partial charge in [0.1, 0.15) is 5.76 Å². The van der Waals surface area contributed by atoms with Gasteiger partial charge in [0.2, 0.25) is 0 Å². The number of nitrogens with zero attached hydrogens (tertiary/aromatic N) is 1. The molecule has 0 spiro atoms. The lowest BCUT2D eigenvalue weighted by Gasteiger charge is -2.41. The number of esters is 2. The van der Waals surface area contributed by atoms with Gasteiger partial charge in [0.05, 0.1) is 35.2 Å². The second kappa shape index (κ2) is 8.39. The number of ether oxygens (including phenoxy) is 2. The van der Waals surface area contributed by atoms with Crippen molar-refractivity contribution < 1.29 is 34.2 Å². The third-order valence-electron chi connectivity index (χ3n) is 4.63. The van der Waals surface area contributed by atoms with Crippen LogP contribution in [0.25, 0.3) is 0 Å². The Morgan fingerprint density at radius 3 is 2.50 bits per heavy atom. The molecule has 0 amide bonds. The molecule has 0 aromatic heterocycles. The van der Waals surface area contributed by atoms with Gasteiger partial charge in [-0.25, -0.2) is 4.79 Å². The molecule has 9 nitrogen and oxygen atoms in total. The van der Waals surface area contributed by atoms with Gasteiger partial charge in [-0.05, 0) is 26.3 Å². The van der Waals surface area contributed by atoms with E-state index < -0.39 is 40.1 Å². The smallest absolute Gasteiger partial charge is 0.338 e. The standard InChI is InChI=1S/C19H23NO8/c1-4-27-17(22)15-13(21)10-19(3,24)16(18(23)28-5-2)14(15)11-7-6-8-12(9-11)20(25)26/h6-9,14,16,21,24H,4-5,10H2,1-3H3/t14-,16-,19-/m0/s1. The minimum atomic E-state index is -1.75. The van der Waals surface area contributed by atoms with Crippen molar-refractivity contribution in [2.75, 3.05) is 13.2 Å². The fourth-order valence-electron chi connectivity index (χ4n) is 3.52. The van der Waals surface area contributed by atoms with E-state index in [1.165, 1.54) is 31.2 Å². The monoisotopic (exact) mass is 393 g/mol. The van der Waals surface area contributed by atoms with E-state index in [1.54, 1.807) is 13.8 Å². The van der Waals surface area contributed by atoms with Crippen molar-refractivity contribution in [1.29, 1.82) is 0 Å². The average Bonchev–Trinajstić information content (AvgIpc) is 2.60. The molecule has 1 aromatic rings. The summed E-state index contributed by atoms with van der Waals surface area (Å²) in [5, 5.41) is 32.5. The minimum absolute atomic E-state index is 0.0255. The van der Waals surface area contributed by atoms with Crippen LogP contribution in [0.1, 0.15) is 38.7 Å². The summed E-state index contributed by atoms with van der Waals surface area (Å²) in [5.41, 5.74) is -2.01. The van der Waals surface area contributed by atoms with E-state index in [0.29, 0.717) is 0 Å². The lowest BCUT2D eigenvalue weighted by Crippen LogP contribution is -2.49. The quantitative estimate of drug-likeness (QED) is 0.427. The number of carbonyl (C=O) groups excluding carboxylic acids is 2. The third kappa shape index (κ3) is 4.14. The Bertz CT molecular complexity index is 814. The van der Waals surface area contributed by atoms with Crippen LogP contribution in [0.3, 0.4) is 0 Å². The van der Waals surface area contributed by atoms with Crippen molar-refractivity contribution in [3.8, 4) is 0 Å². The number of hydrogen-bond acceptors (Lipinski definition) is 8. The highest BCUT2D eigenvalue weighted by molar-refractivity contribution is 5.93. The number of aliphatic hydroxyl groups is 2. The molecule has 1 aliphatic carbocycles. The zero-order valence-electron chi connectivity index (χ0n) is 15.9. The summed E-state index contributed by atoms with van der Waals surface area (Å²) < 4.78 is 10.1. The summed E-state index contributed by atoms with van der Waals surface area (Å²) >= 11 is 0. The zero-order chi connectivity index (χ0) is 21.1. The maximum Gasteiger partial charge on any atom is 0.338 e. The average molecular weight is 393 g/mol. The molecule has 2 rings (SSSR count). The Hall–Kier alpha value is -2.94. The second-order valence-corrected chi connectivity index (χ2v) is 6.67. The number of benzene rings is 1. The first-order valence-electron chi connectivity index (χ1n) is 8.86. The highest BCUT2D eigenvalue weighted by Gasteiger charge is 2.52. The van der Waals surface area contributed by atoms with E-state index in [0.717, 1.165) is 0 Å². The van der Waals surface area contributed by atoms with Crippen LogP contribution in [-0.4, -0.2) is 45.9 Å². The van der Waals surface area contributed by atoms with E-state index in [9.17, 15) is 29.9 Å². The first-order chi connectivity index (χ1) is 13.1. The van der Waals surface area contributed by atoms with E-state index in [2.05, 4.69) is 0 Å². The van der Waals surface area contributed by atoms with Gasteiger partial charge >= 0.3 is 11.9 Å². The van der Waals surface area contributed by atoms with E-state index >= 15 is 0 Å². The molecule has 152 valence electrons. The Labute approximate surface area is 161 Å². The Morgan fingerprint density at radius 1 is 1.29 bits per heavy atom. The first-order valence-corrected chi connectivity index (χ1v) is 8.86.